The number of carbonyl (C=O) groups is 2. The Bertz CT molecular complexity index is 294. The monoisotopic (exact) mass is 231 g/mol. The van der Waals surface area contributed by atoms with Crippen LogP contribution in [0, 0.1) is 5.41 Å². The summed E-state index contributed by atoms with van der Waals surface area (Å²) < 4.78 is 5.10. The van der Waals surface area contributed by atoms with Gasteiger partial charge < -0.3 is 15.2 Å². The zero-order valence-electron chi connectivity index (χ0n) is 9.61. The van der Waals surface area contributed by atoms with Crippen LogP contribution >= 0.6 is 0 Å². The minimum absolute atomic E-state index is 0.106. The van der Waals surface area contributed by atoms with Crippen molar-refractivity contribution >= 4 is 12.0 Å². The molecule has 0 saturated carbocycles. The van der Waals surface area contributed by atoms with E-state index in [1.54, 1.807) is 21.0 Å². The molecule has 0 aromatic heterocycles. The SMILES string of the molecule is CN(C)NC(=O)NC1COCC1(C)C(=O)O. The topological polar surface area (TPSA) is 90.9 Å². The van der Waals surface area contributed by atoms with E-state index in [2.05, 4.69) is 10.7 Å². The third kappa shape index (κ3) is 2.61. The lowest BCUT2D eigenvalue weighted by Gasteiger charge is -2.26. The molecule has 0 radical (unpaired) electrons. The van der Waals surface area contributed by atoms with Crippen LogP contribution in [0.5, 0.6) is 0 Å². The Morgan fingerprint density at radius 3 is 2.62 bits per heavy atom. The van der Waals surface area contributed by atoms with Gasteiger partial charge >= 0.3 is 12.0 Å². The minimum Gasteiger partial charge on any atom is -0.481 e. The lowest BCUT2D eigenvalue weighted by atomic mass is 9.85. The first-order valence-corrected chi connectivity index (χ1v) is 4.92. The third-order valence-electron chi connectivity index (χ3n) is 2.57. The predicted octanol–water partition coefficient (Wildman–Crippen LogP) is -0.748. The Morgan fingerprint density at radius 1 is 1.50 bits per heavy atom. The summed E-state index contributed by atoms with van der Waals surface area (Å²) in [4.78, 5) is 22.5. The molecule has 16 heavy (non-hydrogen) atoms. The highest BCUT2D eigenvalue weighted by Crippen LogP contribution is 2.28. The number of nitrogens with one attached hydrogen (secondary N) is 2. The van der Waals surface area contributed by atoms with E-state index >= 15 is 0 Å². The molecule has 1 fully saturated rings. The molecule has 1 rings (SSSR count). The first-order valence-electron chi connectivity index (χ1n) is 4.92. The van der Waals surface area contributed by atoms with Crippen molar-refractivity contribution in [2.45, 2.75) is 13.0 Å². The molecule has 2 atom stereocenters. The number of urea groups is 1. The van der Waals surface area contributed by atoms with Crippen LogP contribution in [0.2, 0.25) is 0 Å². The minimum atomic E-state index is -1.07. The summed E-state index contributed by atoms with van der Waals surface area (Å²) in [7, 11) is 3.34. The quantitative estimate of drug-likeness (QED) is 0.556. The molecule has 0 bridgehead atoms. The van der Waals surface area contributed by atoms with Gasteiger partial charge in [0.15, 0.2) is 0 Å². The van der Waals surface area contributed by atoms with Crippen molar-refractivity contribution in [1.82, 2.24) is 15.8 Å². The number of carbonyl (C=O) groups excluding carboxylic acids is 1. The first-order chi connectivity index (χ1) is 7.36. The number of hydrogen-bond acceptors (Lipinski definition) is 4. The van der Waals surface area contributed by atoms with Crippen LogP contribution in [0.25, 0.3) is 0 Å². The van der Waals surface area contributed by atoms with E-state index in [-0.39, 0.29) is 13.2 Å². The van der Waals surface area contributed by atoms with Gasteiger partial charge in [-0.05, 0) is 6.92 Å². The van der Waals surface area contributed by atoms with Gasteiger partial charge in [-0.1, -0.05) is 0 Å². The Kier molecular flexibility index (Phi) is 3.71. The van der Waals surface area contributed by atoms with Gasteiger partial charge in [0.25, 0.3) is 0 Å². The zero-order chi connectivity index (χ0) is 12.3. The Hall–Kier alpha value is -1.34. The molecule has 1 aliphatic rings. The normalized spacial score (nSPS) is 29.1. The summed E-state index contributed by atoms with van der Waals surface area (Å²) in [6.45, 7) is 1.88. The molecule has 1 saturated heterocycles. The number of hydrazine groups is 1. The molecular formula is C9H17N3O4. The van der Waals surface area contributed by atoms with Gasteiger partial charge in [0.05, 0.1) is 19.3 Å². The van der Waals surface area contributed by atoms with E-state index in [1.807, 2.05) is 0 Å². The average molecular weight is 231 g/mol. The first kappa shape index (κ1) is 12.7. The van der Waals surface area contributed by atoms with Crippen LogP contribution in [0.1, 0.15) is 6.92 Å². The van der Waals surface area contributed by atoms with Crippen molar-refractivity contribution in [2.24, 2.45) is 5.41 Å². The smallest absolute Gasteiger partial charge is 0.329 e. The maximum Gasteiger partial charge on any atom is 0.329 e. The van der Waals surface area contributed by atoms with Gasteiger partial charge in [-0.3, -0.25) is 10.2 Å². The van der Waals surface area contributed by atoms with E-state index in [4.69, 9.17) is 9.84 Å². The Balaban J connectivity index is 2.60. The third-order valence-corrected chi connectivity index (χ3v) is 2.57. The Morgan fingerprint density at radius 2 is 2.12 bits per heavy atom. The summed E-state index contributed by atoms with van der Waals surface area (Å²) in [5, 5.41) is 13.1. The average Bonchev–Trinajstić information content (AvgIpc) is 2.47. The largest absolute Gasteiger partial charge is 0.481 e. The molecule has 7 nitrogen and oxygen atoms in total. The molecule has 0 aromatic carbocycles. The molecule has 1 aliphatic heterocycles. The molecule has 1 heterocycles. The van der Waals surface area contributed by atoms with Crippen molar-refractivity contribution in [3.05, 3.63) is 0 Å². The van der Waals surface area contributed by atoms with Crippen molar-refractivity contribution in [1.29, 1.82) is 0 Å². The van der Waals surface area contributed by atoms with Crippen LogP contribution in [0.15, 0.2) is 0 Å². The van der Waals surface area contributed by atoms with Gasteiger partial charge in [0, 0.05) is 14.1 Å². The van der Waals surface area contributed by atoms with Crippen LogP contribution < -0.4 is 10.7 Å². The van der Waals surface area contributed by atoms with Gasteiger partial charge in [0.1, 0.15) is 5.41 Å². The van der Waals surface area contributed by atoms with E-state index in [9.17, 15) is 9.59 Å². The fourth-order valence-electron chi connectivity index (χ4n) is 1.48. The number of hydrogen-bond donors (Lipinski definition) is 3. The second-order valence-corrected chi connectivity index (χ2v) is 4.27. The van der Waals surface area contributed by atoms with Gasteiger partial charge in [-0.2, -0.15) is 0 Å². The maximum absolute atomic E-state index is 11.4. The summed E-state index contributed by atoms with van der Waals surface area (Å²) in [6.07, 6.45) is 0. The van der Waals surface area contributed by atoms with Crippen LogP contribution in [0.3, 0.4) is 0 Å². The second-order valence-electron chi connectivity index (χ2n) is 4.27. The molecule has 7 heteroatoms. The van der Waals surface area contributed by atoms with E-state index in [1.165, 1.54) is 5.01 Å². The number of carboxylic acids is 1. The second kappa shape index (κ2) is 4.67. The zero-order valence-corrected chi connectivity index (χ0v) is 9.61. The van der Waals surface area contributed by atoms with Gasteiger partial charge in [-0.15, -0.1) is 0 Å². The predicted molar refractivity (Wildman–Crippen MR) is 55.7 cm³/mol. The van der Waals surface area contributed by atoms with Crippen LogP contribution in [-0.2, 0) is 9.53 Å². The lowest BCUT2D eigenvalue weighted by Crippen LogP contribution is -2.54. The summed E-state index contributed by atoms with van der Waals surface area (Å²) in [5.74, 6) is -0.972. The summed E-state index contributed by atoms with van der Waals surface area (Å²) >= 11 is 0. The highest BCUT2D eigenvalue weighted by atomic mass is 16.5. The van der Waals surface area contributed by atoms with Crippen LogP contribution in [0.4, 0.5) is 4.79 Å². The van der Waals surface area contributed by atoms with Crippen molar-refractivity contribution in [2.75, 3.05) is 27.3 Å². The molecule has 92 valence electrons. The molecule has 0 aromatic rings. The molecule has 2 amide bonds. The molecule has 3 N–H and O–H groups in total. The number of rotatable bonds is 3. The lowest BCUT2D eigenvalue weighted by molar-refractivity contribution is -0.148. The number of ether oxygens (including phenoxy) is 1. The number of aliphatic carboxylic acids is 1. The highest BCUT2D eigenvalue weighted by Gasteiger charge is 2.47. The van der Waals surface area contributed by atoms with Crippen LogP contribution in [-0.4, -0.2) is 55.5 Å². The standard InChI is InChI=1S/C9H17N3O4/c1-9(7(13)14)5-16-4-6(9)10-8(15)11-12(2)3/h6H,4-5H2,1-3H3,(H,13,14)(H2,10,11,15). The van der Waals surface area contributed by atoms with E-state index in [0.717, 1.165) is 0 Å². The van der Waals surface area contributed by atoms with Crippen molar-refractivity contribution in [3.8, 4) is 0 Å². The van der Waals surface area contributed by atoms with Gasteiger partial charge in [0.2, 0.25) is 0 Å². The Labute approximate surface area is 93.7 Å². The number of nitrogens with zero attached hydrogens (tertiary/aromatic N) is 1. The molecule has 0 spiro atoms. The maximum atomic E-state index is 11.4. The van der Waals surface area contributed by atoms with E-state index < -0.39 is 23.5 Å². The fraction of sp³-hybridized carbons (Fsp3) is 0.778. The van der Waals surface area contributed by atoms with Crippen molar-refractivity contribution in [3.63, 3.8) is 0 Å². The fourth-order valence-corrected chi connectivity index (χ4v) is 1.48. The van der Waals surface area contributed by atoms with E-state index in [0.29, 0.717) is 0 Å². The molecular weight excluding hydrogens is 214 g/mol. The summed E-state index contributed by atoms with van der Waals surface area (Å²) in [6, 6.07) is -0.960. The molecule has 2 unspecified atom stereocenters. The van der Waals surface area contributed by atoms with Gasteiger partial charge in [-0.25, -0.2) is 9.80 Å². The van der Waals surface area contributed by atoms with Crippen molar-refractivity contribution < 1.29 is 19.4 Å². The highest BCUT2D eigenvalue weighted by molar-refractivity contribution is 5.79. The number of amides is 2. The summed E-state index contributed by atoms with van der Waals surface area (Å²) in [5.41, 5.74) is 1.42. The molecule has 0 aliphatic carbocycles. The number of carboxylic acid groups (broad SMARTS) is 1.